The molecule has 2 rings (SSSR count). The Morgan fingerprint density at radius 1 is 1.21 bits per heavy atom. The molecule has 0 aliphatic rings. The lowest BCUT2D eigenvalue weighted by molar-refractivity contribution is 0.0942. The van der Waals surface area contributed by atoms with Gasteiger partial charge in [0, 0.05) is 18.7 Å². The number of amides is 1. The first-order valence-corrected chi connectivity index (χ1v) is 7.92. The van der Waals surface area contributed by atoms with Crippen molar-refractivity contribution in [3.05, 3.63) is 65.2 Å². The second kappa shape index (κ2) is 8.47. The highest BCUT2D eigenvalue weighted by Gasteiger charge is 2.16. The number of carbonyl (C=O) groups is 1. The summed E-state index contributed by atoms with van der Waals surface area (Å²) in [5, 5.41) is 3.01. The van der Waals surface area contributed by atoms with Crippen molar-refractivity contribution in [1.29, 1.82) is 0 Å². The average molecular weight is 327 g/mol. The van der Waals surface area contributed by atoms with Crippen molar-refractivity contribution in [3.8, 4) is 5.75 Å². The number of hydrogen-bond acceptors (Lipinski definition) is 4. The first kappa shape index (κ1) is 18.0. The van der Waals surface area contributed by atoms with E-state index in [9.17, 15) is 4.79 Å². The molecular formula is C19H25N3O2. The number of nitrogens with zero attached hydrogens (tertiary/aromatic N) is 1. The molecule has 1 atom stereocenters. The van der Waals surface area contributed by atoms with Gasteiger partial charge in [-0.1, -0.05) is 24.3 Å². The summed E-state index contributed by atoms with van der Waals surface area (Å²) in [5.41, 5.74) is 8.33. The summed E-state index contributed by atoms with van der Waals surface area (Å²) in [6.45, 7) is 0.943. The van der Waals surface area contributed by atoms with Gasteiger partial charge in [0.25, 0.3) is 5.91 Å². The maximum absolute atomic E-state index is 12.4. The molecule has 0 fully saturated rings. The van der Waals surface area contributed by atoms with Gasteiger partial charge in [0.1, 0.15) is 5.75 Å². The van der Waals surface area contributed by atoms with Crippen LogP contribution >= 0.6 is 0 Å². The molecule has 2 aromatic carbocycles. The Hall–Kier alpha value is -2.37. The quantitative estimate of drug-likeness (QED) is 0.818. The van der Waals surface area contributed by atoms with Gasteiger partial charge in [0.05, 0.1) is 13.2 Å². The molecule has 0 aliphatic carbocycles. The summed E-state index contributed by atoms with van der Waals surface area (Å²) in [6, 6.07) is 15.4. The highest BCUT2D eigenvalue weighted by atomic mass is 16.5. The van der Waals surface area contributed by atoms with E-state index >= 15 is 0 Å². The van der Waals surface area contributed by atoms with Crippen LogP contribution in [0.25, 0.3) is 0 Å². The van der Waals surface area contributed by atoms with E-state index in [0.717, 1.165) is 16.9 Å². The van der Waals surface area contributed by atoms with E-state index in [1.165, 1.54) is 0 Å². The number of benzene rings is 2. The lowest BCUT2D eigenvalue weighted by Gasteiger charge is -2.25. The molecule has 1 unspecified atom stereocenters. The van der Waals surface area contributed by atoms with Crippen LogP contribution in [-0.2, 0) is 6.54 Å². The molecular weight excluding hydrogens is 302 g/mol. The molecule has 0 aromatic heterocycles. The fourth-order valence-corrected chi connectivity index (χ4v) is 2.56. The highest BCUT2D eigenvalue weighted by Crippen LogP contribution is 2.20. The second-order valence-electron chi connectivity index (χ2n) is 5.87. The largest absolute Gasteiger partial charge is 0.497 e. The molecule has 0 saturated carbocycles. The van der Waals surface area contributed by atoms with Crippen LogP contribution in [0.2, 0.25) is 0 Å². The lowest BCUT2D eigenvalue weighted by atomic mass is 10.1. The van der Waals surface area contributed by atoms with Crippen LogP contribution in [0.5, 0.6) is 5.75 Å². The number of nitrogens with two attached hydrogens (primary N) is 1. The molecule has 0 saturated heterocycles. The molecule has 2 aromatic rings. The van der Waals surface area contributed by atoms with Gasteiger partial charge in [-0.15, -0.1) is 0 Å². The van der Waals surface area contributed by atoms with Crippen molar-refractivity contribution >= 4 is 5.91 Å². The van der Waals surface area contributed by atoms with Crippen LogP contribution in [0.4, 0.5) is 0 Å². The van der Waals surface area contributed by atoms with Crippen molar-refractivity contribution < 1.29 is 9.53 Å². The Kier molecular flexibility index (Phi) is 6.35. The molecule has 128 valence electrons. The van der Waals surface area contributed by atoms with Gasteiger partial charge in [0.2, 0.25) is 0 Å². The van der Waals surface area contributed by atoms with E-state index < -0.39 is 0 Å². The number of carbonyl (C=O) groups excluding carboxylic acids is 1. The molecule has 5 heteroatoms. The van der Waals surface area contributed by atoms with Crippen molar-refractivity contribution in [2.24, 2.45) is 5.73 Å². The maximum Gasteiger partial charge on any atom is 0.251 e. The van der Waals surface area contributed by atoms with Crippen LogP contribution < -0.4 is 15.8 Å². The summed E-state index contributed by atoms with van der Waals surface area (Å²) in [7, 11) is 5.64. The van der Waals surface area contributed by atoms with Crippen molar-refractivity contribution in [1.82, 2.24) is 10.2 Å². The standard InChI is InChI=1S/C19H25N3O2/c1-22(2)18(15-7-9-17(24-3)10-8-15)13-21-19(23)16-6-4-5-14(11-16)12-20/h4-11,18H,12-13,20H2,1-3H3,(H,21,23). The summed E-state index contributed by atoms with van der Waals surface area (Å²) in [5.74, 6) is 0.726. The van der Waals surface area contributed by atoms with E-state index in [1.54, 1.807) is 13.2 Å². The van der Waals surface area contributed by atoms with Gasteiger partial charge < -0.3 is 20.7 Å². The first-order valence-electron chi connectivity index (χ1n) is 7.92. The van der Waals surface area contributed by atoms with E-state index in [-0.39, 0.29) is 11.9 Å². The summed E-state index contributed by atoms with van der Waals surface area (Å²) < 4.78 is 5.19. The molecule has 0 heterocycles. The Bertz CT molecular complexity index is 669. The Balaban J connectivity index is 2.06. The zero-order valence-electron chi connectivity index (χ0n) is 14.5. The SMILES string of the molecule is COc1ccc(C(CNC(=O)c2cccc(CN)c2)N(C)C)cc1. The number of hydrogen-bond donors (Lipinski definition) is 2. The first-order chi connectivity index (χ1) is 11.5. The molecule has 0 radical (unpaired) electrons. The van der Waals surface area contributed by atoms with Gasteiger partial charge in [0.15, 0.2) is 0 Å². The zero-order valence-corrected chi connectivity index (χ0v) is 14.5. The minimum absolute atomic E-state index is 0.0811. The maximum atomic E-state index is 12.4. The lowest BCUT2D eigenvalue weighted by Crippen LogP contribution is -2.34. The van der Waals surface area contributed by atoms with Crippen LogP contribution in [0.3, 0.4) is 0 Å². The number of likely N-dealkylation sites (N-methyl/N-ethyl adjacent to an activating group) is 1. The van der Waals surface area contributed by atoms with Crippen molar-refractivity contribution in [2.75, 3.05) is 27.7 Å². The normalized spacial score (nSPS) is 12.0. The number of methoxy groups -OCH3 is 1. The highest BCUT2D eigenvalue weighted by molar-refractivity contribution is 5.94. The van der Waals surface area contributed by atoms with Gasteiger partial charge >= 0.3 is 0 Å². The average Bonchev–Trinajstić information content (AvgIpc) is 2.62. The summed E-state index contributed by atoms with van der Waals surface area (Å²) in [4.78, 5) is 14.5. The third kappa shape index (κ3) is 4.57. The van der Waals surface area contributed by atoms with Crippen molar-refractivity contribution in [3.63, 3.8) is 0 Å². The number of rotatable bonds is 7. The monoisotopic (exact) mass is 327 g/mol. The summed E-state index contributed by atoms with van der Waals surface area (Å²) >= 11 is 0. The van der Waals surface area contributed by atoms with E-state index in [2.05, 4.69) is 10.2 Å². The van der Waals surface area contributed by atoms with Gasteiger partial charge in [-0.05, 0) is 49.5 Å². The Morgan fingerprint density at radius 2 is 1.92 bits per heavy atom. The topological polar surface area (TPSA) is 67.6 Å². The number of ether oxygens (including phenoxy) is 1. The van der Waals surface area contributed by atoms with Gasteiger partial charge in [-0.3, -0.25) is 4.79 Å². The van der Waals surface area contributed by atoms with Crippen molar-refractivity contribution in [2.45, 2.75) is 12.6 Å². The molecule has 0 spiro atoms. The smallest absolute Gasteiger partial charge is 0.251 e. The number of nitrogens with one attached hydrogen (secondary N) is 1. The molecule has 0 aliphatic heterocycles. The Labute approximate surface area is 143 Å². The second-order valence-corrected chi connectivity index (χ2v) is 5.87. The molecule has 1 amide bonds. The van der Waals surface area contributed by atoms with Gasteiger partial charge in [-0.2, -0.15) is 0 Å². The molecule has 3 N–H and O–H groups in total. The van der Waals surface area contributed by atoms with Gasteiger partial charge in [-0.25, -0.2) is 0 Å². The minimum Gasteiger partial charge on any atom is -0.497 e. The fourth-order valence-electron chi connectivity index (χ4n) is 2.56. The zero-order chi connectivity index (χ0) is 17.5. The molecule has 24 heavy (non-hydrogen) atoms. The predicted octanol–water partition coefficient (Wildman–Crippen LogP) is 2.19. The third-order valence-corrected chi connectivity index (χ3v) is 4.00. The van der Waals surface area contributed by atoms with E-state index in [1.807, 2.05) is 56.6 Å². The van der Waals surface area contributed by atoms with Crippen LogP contribution in [-0.4, -0.2) is 38.6 Å². The predicted molar refractivity (Wildman–Crippen MR) is 96.1 cm³/mol. The van der Waals surface area contributed by atoms with Crippen LogP contribution in [0, 0.1) is 0 Å². The summed E-state index contributed by atoms with van der Waals surface area (Å²) in [6.07, 6.45) is 0. The van der Waals surface area contributed by atoms with E-state index in [0.29, 0.717) is 18.7 Å². The van der Waals surface area contributed by atoms with Crippen LogP contribution in [0.1, 0.15) is 27.5 Å². The third-order valence-electron chi connectivity index (χ3n) is 4.00. The Morgan fingerprint density at radius 3 is 2.50 bits per heavy atom. The van der Waals surface area contributed by atoms with Crippen LogP contribution in [0.15, 0.2) is 48.5 Å². The minimum atomic E-state index is -0.0920. The fraction of sp³-hybridized carbons (Fsp3) is 0.316. The van der Waals surface area contributed by atoms with E-state index in [4.69, 9.17) is 10.5 Å². The molecule has 0 bridgehead atoms. The molecule has 5 nitrogen and oxygen atoms in total.